The Morgan fingerprint density at radius 2 is 1.81 bits per heavy atom. The molecule has 0 bridgehead atoms. The van der Waals surface area contributed by atoms with Crippen molar-refractivity contribution in [1.82, 2.24) is 5.32 Å². The van der Waals surface area contributed by atoms with Gasteiger partial charge in [-0.2, -0.15) is 0 Å². The first-order chi connectivity index (χ1) is 9.77. The lowest BCUT2D eigenvalue weighted by Crippen LogP contribution is -2.45. The molecule has 1 aromatic carbocycles. The van der Waals surface area contributed by atoms with E-state index in [1.54, 1.807) is 6.92 Å². The van der Waals surface area contributed by atoms with Gasteiger partial charge in [0, 0.05) is 6.04 Å². The van der Waals surface area contributed by atoms with Gasteiger partial charge in [0.1, 0.15) is 5.75 Å². The molecule has 0 fully saturated rings. The highest BCUT2D eigenvalue weighted by Gasteiger charge is 2.30. The van der Waals surface area contributed by atoms with Crippen LogP contribution in [0.2, 0.25) is 0 Å². The topological polar surface area (TPSA) is 58.6 Å². The first kappa shape index (κ1) is 17.5. The first-order valence-corrected chi connectivity index (χ1v) is 7.42. The lowest BCUT2D eigenvalue weighted by atomic mass is 9.83. The first-order valence-electron chi connectivity index (χ1n) is 7.42. The Kier molecular flexibility index (Phi) is 6.21. The number of nitrogens with one attached hydrogen (secondary N) is 1. The number of aliphatic hydroxyl groups is 1. The van der Waals surface area contributed by atoms with E-state index < -0.39 is 5.41 Å². The lowest BCUT2D eigenvalue weighted by molar-refractivity contribution is -0.126. The van der Waals surface area contributed by atoms with Gasteiger partial charge in [-0.05, 0) is 44.4 Å². The molecule has 2 N–H and O–H groups in total. The molecule has 1 unspecified atom stereocenters. The number of carbonyl (C=O) groups is 1. The molecular formula is C17H27NO3. The van der Waals surface area contributed by atoms with E-state index in [1.165, 1.54) is 0 Å². The van der Waals surface area contributed by atoms with Crippen LogP contribution in [-0.2, 0) is 10.2 Å². The molecule has 0 spiro atoms. The van der Waals surface area contributed by atoms with E-state index in [-0.39, 0.29) is 18.6 Å². The third-order valence-electron chi connectivity index (χ3n) is 3.38. The third-order valence-corrected chi connectivity index (χ3v) is 3.38. The predicted molar refractivity (Wildman–Crippen MR) is 84.5 cm³/mol. The molecule has 0 aliphatic heterocycles. The van der Waals surface area contributed by atoms with E-state index in [1.807, 2.05) is 38.1 Å². The second-order valence-corrected chi connectivity index (χ2v) is 6.41. The molecule has 0 heterocycles. The fraction of sp³-hybridized carbons (Fsp3) is 0.588. The Morgan fingerprint density at radius 1 is 1.24 bits per heavy atom. The maximum atomic E-state index is 12.3. The highest BCUT2D eigenvalue weighted by molar-refractivity contribution is 5.87. The predicted octanol–water partition coefficient (Wildman–Crippen LogP) is 2.50. The Labute approximate surface area is 127 Å². The number of carbonyl (C=O) groups excluding carboxylic acids is 1. The van der Waals surface area contributed by atoms with Gasteiger partial charge in [-0.3, -0.25) is 4.79 Å². The maximum Gasteiger partial charge on any atom is 0.230 e. The summed E-state index contributed by atoms with van der Waals surface area (Å²) in [5.74, 6) is 1.19. The summed E-state index contributed by atoms with van der Waals surface area (Å²) in [7, 11) is 0. The zero-order chi connectivity index (χ0) is 16.0. The minimum absolute atomic E-state index is 0.0657. The van der Waals surface area contributed by atoms with Gasteiger partial charge in [0.2, 0.25) is 5.91 Å². The van der Waals surface area contributed by atoms with Gasteiger partial charge in [0.25, 0.3) is 0 Å². The summed E-state index contributed by atoms with van der Waals surface area (Å²) in [6, 6.07) is 7.37. The van der Waals surface area contributed by atoms with Crippen molar-refractivity contribution in [1.29, 1.82) is 0 Å². The van der Waals surface area contributed by atoms with Crippen molar-refractivity contribution in [2.45, 2.75) is 46.1 Å². The van der Waals surface area contributed by atoms with Crippen LogP contribution in [0.25, 0.3) is 0 Å². The van der Waals surface area contributed by atoms with Crippen molar-refractivity contribution in [3.8, 4) is 5.75 Å². The molecule has 118 valence electrons. The second-order valence-electron chi connectivity index (χ2n) is 6.41. The quantitative estimate of drug-likeness (QED) is 0.812. The standard InChI is InChI=1S/C17H27NO3/c1-12(2)11-21-15-8-6-14(7-9-15)17(4,5)16(20)18-13(3)10-19/h6-9,12-13,19H,10-11H2,1-5H3,(H,18,20). The van der Waals surface area contributed by atoms with Crippen LogP contribution in [-0.4, -0.2) is 30.3 Å². The number of amides is 1. The number of rotatable bonds is 7. The van der Waals surface area contributed by atoms with E-state index >= 15 is 0 Å². The molecule has 4 heteroatoms. The number of hydrogen-bond donors (Lipinski definition) is 2. The van der Waals surface area contributed by atoms with Gasteiger partial charge in [-0.15, -0.1) is 0 Å². The van der Waals surface area contributed by atoms with Gasteiger partial charge in [-0.25, -0.2) is 0 Å². The summed E-state index contributed by atoms with van der Waals surface area (Å²) in [5.41, 5.74) is 0.266. The monoisotopic (exact) mass is 293 g/mol. The summed E-state index contributed by atoms with van der Waals surface area (Å²) < 4.78 is 5.64. The van der Waals surface area contributed by atoms with E-state index in [9.17, 15) is 4.79 Å². The van der Waals surface area contributed by atoms with Crippen LogP contribution in [0.4, 0.5) is 0 Å². The van der Waals surface area contributed by atoms with Crippen molar-refractivity contribution in [2.24, 2.45) is 5.92 Å². The number of hydrogen-bond acceptors (Lipinski definition) is 3. The third kappa shape index (κ3) is 5.05. The normalized spacial score (nSPS) is 13.1. The molecule has 0 aliphatic rings. The number of benzene rings is 1. The van der Waals surface area contributed by atoms with Gasteiger partial charge < -0.3 is 15.2 Å². The summed E-state index contributed by atoms with van der Waals surface area (Å²) in [5, 5.41) is 11.8. The SMILES string of the molecule is CC(C)COc1ccc(C(C)(C)C(=O)NC(C)CO)cc1. The van der Waals surface area contributed by atoms with Crippen molar-refractivity contribution in [3.05, 3.63) is 29.8 Å². The largest absolute Gasteiger partial charge is 0.493 e. The highest BCUT2D eigenvalue weighted by atomic mass is 16.5. The number of ether oxygens (including phenoxy) is 1. The fourth-order valence-electron chi connectivity index (χ4n) is 1.81. The van der Waals surface area contributed by atoms with Crippen molar-refractivity contribution in [3.63, 3.8) is 0 Å². The lowest BCUT2D eigenvalue weighted by Gasteiger charge is -2.26. The average Bonchev–Trinajstić information content (AvgIpc) is 2.45. The van der Waals surface area contributed by atoms with E-state index in [2.05, 4.69) is 19.2 Å². The molecule has 0 saturated heterocycles. The van der Waals surface area contributed by atoms with Crippen LogP contribution in [0.5, 0.6) is 5.75 Å². The van der Waals surface area contributed by atoms with E-state index in [0.29, 0.717) is 12.5 Å². The van der Waals surface area contributed by atoms with Crippen LogP contribution in [0.3, 0.4) is 0 Å². The van der Waals surface area contributed by atoms with Crippen molar-refractivity contribution in [2.75, 3.05) is 13.2 Å². The van der Waals surface area contributed by atoms with Gasteiger partial charge in [0.15, 0.2) is 0 Å². The molecule has 1 amide bonds. The van der Waals surface area contributed by atoms with E-state index in [4.69, 9.17) is 9.84 Å². The van der Waals surface area contributed by atoms with Gasteiger partial charge in [-0.1, -0.05) is 26.0 Å². The minimum Gasteiger partial charge on any atom is -0.493 e. The zero-order valence-corrected chi connectivity index (χ0v) is 13.6. The minimum atomic E-state index is -0.653. The molecule has 0 radical (unpaired) electrons. The Balaban J connectivity index is 2.76. The molecule has 1 rings (SSSR count). The fourth-order valence-corrected chi connectivity index (χ4v) is 1.81. The summed E-state index contributed by atoms with van der Waals surface area (Å²) in [6.45, 7) is 10.3. The molecule has 0 saturated carbocycles. The Morgan fingerprint density at radius 3 is 2.29 bits per heavy atom. The Hall–Kier alpha value is -1.55. The summed E-state index contributed by atoms with van der Waals surface area (Å²) in [6.07, 6.45) is 0. The van der Waals surface area contributed by atoms with Crippen molar-refractivity contribution >= 4 is 5.91 Å². The average molecular weight is 293 g/mol. The number of aliphatic hydroxyl groups excluding tert-OH is 1. The van der Waals surface area contributed by atoms with Crippen LogP contribution >= 0.6 is 0 Å². The summed E-state index contributed by atoms with van der Waals surface area (Å²) in [4.78, 5) is 12.3. The molecule has 0 aliphatic carbocycles. The molecule has 21 heavy (non-hydrogen) atoms. The molecule has 4 nitrogen and oxygen atoms in total. The molecule has 1 aromatic rings. The summed E-state index contributed by atoms with van der Waals surface area (Å²) >= 11 is 0. The smallest absolute Gasteiger partial charge is 0.230 e. The molecule has 0 aromatic heterocycles. The second kappa shape index (κ2) is 7.46. The molecular weight excluding hydrogens is 266 g/mol. The highest BCUT2D eigenvalue weighted by Crippen LogP contribution is 2.26. The van der Waals surface area contributed by atoms with Crippen LogP contribution in [0.15, 0.2) is 24.3 Å². The van der Waals surface area contributed by atoms with Gasteiger partial charge >= 0.3 is 0 Å². The van der Waals surface area contributed by atoms with Gasteiger partial charge in [0.05, 0.1) is 18.6 Å². The van der Waals surface area contributed by atoms with Crippen molar-refractivity contribution < 1.29 is 14.6 Å². The van der Waals surface area contributed by atoms with E-state index in [0.717, 1.165) is 11.3 Å². The van der Waals surface area contributed by atoms with Crippen LogP contribution in [0.1, 0.15) is 40.2 Å². The molecule has 1 atom stereocenters. The Bertz CT molecular complexity index is 452. The maximum absolute atomic E-state index is 12.3. The van der Waals surface area contributed by atoms with Crippen LogP contribution < -0.4 is 10.1 Å². The zero-order valence-electron chi connectivity index (χ0n) is 13.6. The van der Waals surface area contributed by atoms with Crippen LogP contribution in [0, 0.1) is 5.92 Å².